The first-order chi connectivity index (χ1) is 7.75. The van der Waals surface area contributed by atoms with E-state index in [1.807, 2.05) is 18.2 Å². The SMILES string of the molecule is [O-]/C(=C\[n+]1cccc(Cl)c1)c1ccccc1. The molecule has 1 aromatic carbocycles. The fraction of sp³-hybridized carbons (Fsp3) is 0. The predicted octanol–water partition coefficient (Wildman–Crippen LogP) is 1.94. The van der Waals surface area contributed by atoms with Gasteiger partial charge in [-0.1, -0.05) is 41.9 Å². The highest BCUT2D eigenvalue weighted by molar-refractivity contribution is 6.30. The largest absolute Gasteiger partial charge is 0.868 e. The molecule has 0 radical (unpaired) electrons. The first-order valence-electron chi connectivity index (χ1n) is 4.86. The van der Waals surface area contributed by atoms with Crippen LogP contribution in [0.15, 0.2) is 54.9 Å². The Kier molecular flexibility index (Phi) is 3.22. The molecule has 0 fully saturated rings. The standard InChI is InChI=1S/C13H10ClNO/c14-12-7-4-8-15(9-12)10-13(16)11-5-2-1-3-6-11/h1-10H/b13-10-. The lowest BCUT2D eigenvalue weighted by Crippen LogP contribution is -2.26. The van der Waals surface area contributed by atoms with E-state index in [2.05, 4.69) is 0 Å². The molecule has 2 aromatic rings. The molecule has 0 aliphatic carbocycles. The Morgan fingerprint density at radius 3 is 2.56 bits per heavy atom. The Labute approximate surface area is 99.1 Å². The van der Waals surface area contributed by atoms with Crippen molar-refractivity contribution < 1.29 is 9.67 Å². The molecule has 0 aliphatic rings. The molecule has 16 heavy (non-hydrogen) atoms. The normalized spacial score (nSPS) is 11.4. The maximum absolute atomic E-state index is 11.8. The second-order valence-electron chi connectivity index (χ2n) is 3.33. The molecule has 0 spiro atoms. The lowest BCUT2D eigenvalue weighted by Gasteiger charge is -2.08. The van der Waals surface area contributed by atoms with E-state index < -0.39 is 0 Å². The van der Waals surface area contributed by atoms with Crippen LogP contribution in [0.1, 0.15) is 5.56 Å². The maximum Gasteiger partial charge on any atom is 0.193 e. The average Bonchev–Trinajstić information content (AvgIpc) is 2.30. The van der Waals surface area contributed by atoms with Crippen LogP contribution in [0.2, 0.25) is 5.02 Å². The molecule has 0 amide bonds. The third-order valence-electron chi connectivity index (χ3n) is 2.11. The van der Waals surface area contributed by atoms with Crippen LogP contribution in [0, 0.1) is 0 Å². The molecule has 0 saturated carbocycles. The van der Waals surface area contributed by atoms with Crippen LogP contribution >= 0.6 is 11.6 Å². The zero-order chi connectivity index (χ0) is 11.4. The van der Waals surface area contributed by atoms with Crippen LogP contribution < -0.4 is 9.67 Å². The van der Waals surface area contributed by atoms with Gasteiger partial charge in [-0.2, -0.15) is 4.57 Å². The van der Waals surface area contributed by atoms with Crippen molar-refractivity contribution in [1.82, 2.24) is 0 Å². The molecule has 2 nitrogen and oxygen atoms in total. The summed E-state index contributed by atoms with van der Waals surface area (Å²) in [6, 6.07) is 12.7. The van der Waals surface area contributed by atoms with Gasteiger partial charge in [-0.05, 0) is 17.4 Å². The summed E-state index contributed by atoms with van der Waals surface area (Å²) in [6.07, 6.45) is 4.95. The number of halogens is 1. The van der Waals surface area contributed by atoms with Gasteiger partial charge in [0, 0.05) is 6.07 Å². The van der Waals surface area contributed by atoms with Crippen molar-refractivity contribution in [3.8, 4) is 0 Å². The number of nitrogens with zero attached hydrogens (tertiary/aromatic N) is 1. The smallest absolute Gasteiger partial charge is 0.193 e. The Bertz CT molecular complexity index is 508. The van der Waals surface area contributed by atoms with Gasteiger partial charge in [-0.15, -0.1) is 0 Å². The van der Waals surface area contributed by atoms with E-state index in [1.165, 1.54) is 6.20 Å². The van der Waals surface area contributed by atoms with E-state index in [-0.39, 0.29) is 5.76 Å². The number of benzene rings is 1. The zero-order valence-electron chi connectivity index (χ0n) is 8.51. The number of hydrogen-bond donors (Lipinski definition) is 0. The molecule has 0 atom stereocenters. The molecule has 1 heterocycles. The van der Waals surface area contributed by atoms with Crippen LogP contribution in [-0.4, -0.2) is 0 Å². The molecular weight excluding hydrogens is 222 g/mol. The summed E-state index contributed by atoms with van der Waals surface area (Å²) in [5.74, 6) is -0.0483. The van der Waals surface area contributed by atoms with Crippen molar-refractivity contribution in [3.63, 3.8) is 0 Å². The molecule has 0 bridgehead atoms. The van der Waals surface area contributed by atoms with Crippen molar-refractivity contribution in [2.45, 2.75) is 0 Å². The van der Waals surface area contributed by atoms with Crippen molar-refractivity contribution in [2.24, 2.45) is 0 Å². The average molecular weight is 232 g/mol. The Morgan fingerprint density at radius 1 is 1.12 bits per heavy atom. The van der Waals surface area contributed by atoms with Gasteiger partial charge >= 0.3 is 0 Å². The first kappa shape index (κ1) is 10.7. The molecule has 0 N–H and O–H groups in total. The van der Waals surface area contributed by atoms with Gasteiger partial charge in [0.25, 0.3) is 0 Å². The van der Waals surface area contributed by atoms with Gasteiger partial charge in [0.05, 0.1) is 0 Å². The Hall–Kier alpha value is -1.80. The molecule has 0 unspecified atom stereocenters. The third-order valence-corrected chi connectivity index (χ3v) is 2.33. The molecule has 1 aromatic heterocycles. The lowest BCUT2D eigenvalue weighted by molar-refractivity contribution is -0.569. The quantitative estimate of drug-likeness (QED) is 0.573. The fourth-order valence-corrected chi connectivity index (χ4v) is 1.54. The Balaban J connectivity index is 2.32. The van der Waals surface area contributed by atoms with Crippen molar-refractivity contribution in [2.75, 3.05) is 0 Å². The van der Waals surface area contributed by atoms with Crippen LogP contribution in [0.5, 0.6) is 0 Å². The molecule has 0 aliphatic heterocycles. The van der Waals surface area contributed by atoms with Gasteiger partial charge in [0.1, 0.15) is 5.02 Å². The van der Waals surface area contributed by atoms with Gasteiger partial charge in [0.2, 0.25) is 0 Å². The monoisotopic (exact) mass is 231 g/mol. The van der Waals surface area contributed by atoms with E-state index >= 15 is 0 Å². The van der Waals surface area contributed by atoms with E-state index in [4.69, 9.17) is 11.6 Å². The molecule has 80 valence electrons. The zero-order valence-corrected chi connectivity index (χ0v) is 9.26. The van der Waals surface area contributed by atoms with E-state index in [1.54, 1.807) is 41.2 Å². The fourth-order valence-electron chi connectivity index (χ4n) is 1.36. The summed E-state index contributed by atoms with van der Waals surface area (Å²) in [4.78, 5) is 0. The van der Waals surface area contributed by atoms with Crippen LogP contribution in [0.3, 0.4) is 0 Å². The van der Waals surface area contributed by atoms with E-state index in [9.17, 15) is 5.11 Å². The van der Waals surface area contributed by atoms with Crippen LogP contribution in [0.4, 0.5) is 0 Å². The summed E-state index contributed by atoms with van der Waals surface area (Å²) >= 11 is 5.82. The van der Waals surface area contributed by atoms with Gasteiger partial charge in [0.15, 0.2) is 18.6 Å². The topological polar surface area (TPSA) is 26.9 Å². The van der Waals surface area contributed by atoms with Crippen molar-refractivity contribution in [3.05, 3.63) is 65.4 Å². The maximum atomic E-state index is 11.8. The van der Waals surface area contributed by atoms with Crippen molar-refractivity contribution >= 4 is 23.6 Å². The van der Waals surface area contributed by atoms with E-state index in [0.717, 1.165) is 0 Å². The number of pyridine rings is 1. The number of hydrogen-bond acceptors (Lipinski definition) is 1. The molecule has 0 saturated heterocycles. The summed E-state index contributed by atoms with van der Waals surface area (Å²) in [5.41, 5.74) is 0.662. The Morgan fingerprint density at radius 2 is 1.88 bits per heavy atom. The summed E-state index contributed by atoms with van der Waals surface area (Å²) in [6.45, 7) is 0. The minimum absolute atomic E-state index is 0.0483. The second kappa shape index (κ2) is 4.81. The summed E-state index contributed by atoms with van der Waals surface area (Å²) in [7, 11) is 0. The summed E-state index contributed by atoms with van der Waals surface area (Å²) in [5, 5.41) is 12.4. The summed E-state index contributed by atoms with van der Waals surface area (Å²) < 4.78 is 1.65. The lowest BCUT2D eigenvalue weighted by atomic mass is 10.2. The van der Waals surface area contributed by atoms with Gasteiger partial charge < -0.3 is 5.11 Å². The minimum Gasteiger partial charge on any atom is -0.868 e. The van der Waals surface area contributed by atoms with Crippen LogP contribution in [0.25, 0.3) is 12.0 Å². The van der Waals surface area contributed by atoms with Crippen LogP contribution in [-0.2, 0) is 0 Å². The highest BCUT2D eigenvalue weighted by atomic mass is 35.5. The van der Waals surface area contributed by atoms with E-state index in [0.29, 0.717) is 10.6 Å². The minimum atomic E-state index is -0.0483. The number of rotatable bonds is 2. The van der Waals surface area contributed by atoms with Gasteiger partial charge in [-0.3, -0.25) is 0 Å². The van der Waals surface area contributed by atoms with Gasteiger partial charge in [-0.25, -0.2) is 0 Å². The molecule has 3 heteroatoms. The highest BCUT2D eigenvalue weighted by Crippen LogP contribution is 2.07. The second-order valence-corrected chi connectivity index (χ2v) is 3.77. The molecular formula is C13H10ClNO. The number of aromatic nitrogens is 1. The predicted molar refractivity (Wildman–Crippen MR) is 62.3 cm³/mol. The first-order valence-corrected chi connectivity index (χ1v) is 5.24. The third kappa shape index (κ3) is 2.61. The van der Waals surface area contributed by atoms with Crippen molar-refractivity contribution in [1.29, 1.82) is 0 Å². The highest BCUT2D eigenvalue weighted by Gasteiger charge is 1.97. The molecule has 2 rings (SSSR count).